The average molecular weight is 174 g/mol. The van der Waals surface area contributed by atoms with E-state index >= 15 is 0 Å². The molecule has 0 aliphatic heterocycles. The number of carbonyl (C=O) groups excluding carboxylic acids is 2. The van der Waals surface area contributed by atoms with Gasteiger partial charge in [0.05, 0.1) is 7.11 Å². The fraction of sp³-hybridized carbons (Fsp3) is 0.714. The number of hydrogen-bond acceptors (Lipinski definition) is 3. The Hall–Kier alpha value is -1.26. The van der Waals surface area contributed by atoms with Gasteiger partial charge in [0, 0.05) is 14.1 Å². The van der Waals surface area contributed by atoms with Crippen molar-refractivity contribution in [3.63, 3.8) is 0 Å². The van der Waals surface area contributed by atoms with Crippen LogP contribution < -0.4 is 5.32 Å². The highest BCUT2D eigenvalue weighted by molar-refractivity contribution is 5.84. The molecule has 0 fully saturated rings. The van der Waals surface area contributed by atoms with Crippen LogP contribution in [0.5, 0.6) is 0 Å². The van der Waals surface area contributed by atoms with Crippen molar-refractivity contribution >= 4 is 12.0 Å². The number of ether oxygens (including phenoxy) is 1. The van der Waals surface area contributed by atoms with E-state index in [2.05, 4.69) is 10.1 Å². The molecule has 0 saturated carbocycles. The Balaban J connectivity index is 3.95. The summed E-state index contributed by atoms with van der Waals surface area (Å²) in [6.07, 6.45) is -0.599. The lowest BCUT2D eigenvalue weighted by Gasteiger charge is -2.16. The highest BCUT2D eigenvalue weighted by atomic mass is 16.5. The number of likely N-dealkylation sites (N-methyl/N-ethyl adjacent to an activating group) is 1. The summed E-state index contributed by atoms with van der Waals surface area (Å²) in [4.78, 5) is 23.2. The van der Waals surface area contributed by atoms with Crippen LogP contribution in [0.2, 0.25) is 0 Å². The van der Waals surface area contributed by atoms with E-state index in [1.54, 1.807) is 21.0 Å². The first-order chi connectivity index (χ1) is 5.49. The van der Waals surface area contributed by atoms with Crippen LogP contribution in [0.15, 0.2) is 0 Å². The smallest absolute Gasteiger partial charge is 0.407 e. The molecule has 0 rings (SSSR count). The van der Waals surface area contributed by atoms with E-state index in [4.69, 9.17) is 0 Å². The van der Waals surface area contributed by atoms with Gasteiger partial charge in [-0.15, -0.1) is 0 Å². The lowest BCUT2D eigenvalue weighted by atomic mass is 10.3. The predicted octanol–water partition coefficient (Wildman–Crippen LogP) is -0.181. The van der Waals surface area contributed by atoms with Crippen LogP contribution in [0.3, 0.4) is 0 Å². The molecule has 1 atom stereocenters. The van der Waals surface area contributed by atoms with E-state index in [1.807, 2.05) is 0 Å². The zero-order valence-corrected chi connectivity index (χ0v) is 7.75. The van der Waals surface area contributed by atoms with Gasteiger partial charge in [-0.1, -0.05) is 0 Å². The molecule has 0 aromatic heterocycles. The first-order valence-electron chi connectivity index (χ1n) is 3.54. The van der Waals surface area contributed by atoms with E-state index in [9.17, 15) is 9.59 Å². The van der Waals surface area contributed by atoms with Crippen molar-refractivity contribution in [2.24, 2.45) is 0 Å². The van der Waals surface area contributed by atoms with Crippen LogP contribution in [0.25, 0.3) is 0 Å². The van der Waals surface area contributed by atoms with Crippen LogP contribution in [0, 0.1) is 0 Å². The van der Waals surface area contributed by atoms with Gasteiger partial charge in [-0.2, -0.15) is 0 Å². The Morgan fingerprint density at radius 1 is 1.42 bits per heavy atom. The lowest BCUT2D eigenvalue weighted by Crippen LogP contribution is -2.44. The van der Waals surface area contributed by atoms with Crippen LogP contribution in [-0.4, -0.2) is 44.1 Å². The molecule has 0 aliphatic carbocycles. The Kier molecular flexibility index (Phi) is 4.10. The third kappa shape index (κ3) is 3.23. The second-order valence-corrected chi connectivity index (χ2v) is 2.59. The van der Waals surface area contributed by atoms with Crippen molar-refractivity contribution < 1.29 is 14.3 Å². The minimum Gasteiger partial charge on any atom is -0.453 e. The molecule has 0 aromatic carbocycles. The van der Waals surface area contributed by atoms with Crippen molar-refractivity contribution in [2.45, 2.75) is 13.0 Å². The predicted molar refractivity (Wildman–Crippen MR) is 43.7 cm³/mol. The van der Waals surface area contributed by atoms with Gasteiger partial charge >= 0.3 is 6.09 Å². The van der Waals surface area contributed by atoms with Gasteiger partial charge in [-0.25, -0.2) is 4.79 Å². The summed E-state index contributed by atoms with van der Waals surface area (Å²) in [5, 5.41) is 2.36. The van der Waals surface area contributed by atoms with E-state index in [0.717, 1.165) is 0 Å². The van der Waals surface area contributed by atoms with Crippen molar-refractivity contribution in [3.8, 4) is 0 Å². The maximum absolute atomic E-state index is 11.1. The Labute approximate surface area is 71.7 Å². The molecule has 5 heteroatoms. The van der Waals surface area contributed by atoms with E-state index in [0.29, 0.717) is 0 Å². The first kappa shape index (κ1) is 10.7. The van der Waals surface area contributed by atoms with Gasteiger partial charge in [0.1, 0.15) is 6.04 Å². The Morgan fingerprint density at radius 2 is 1.92 bits per heavy atom. The van der Waals surface area contributed by atoms with Crippen molar-refractivity contribution in [1.29, 1.82) is 0 Å². The molecule has 1 N–H and O–H groups in total. The summed E-state index contributed by atoms with van der Waals surface area (Å²) in [5.74, 6) is -0.166. The molecule has 5 nitrogen and oxygen atoms in total. The Morgan fingerprint density at radius 3 is 2.25 bits per heavy atom. The maximum atomic E-state index is 11.1. The zero-order chi connectivity index (χ0) is 9.72. The quantitative estimate of drug-likeness (QED) is 0.631. The number of nitrogens with zero attached hydrogens (tertiary/aromatic N) is 1. The minimum absolute atomic E-state index is 0.166. The fourth-order valence-corrected chi connectivity index (χ4v) is 0.685. The van der Waals surface area contributed by atoms with Gasteiger partial charge in [-0.3, -0.25) is 4.79 Å². The minimum atomic E-state index is -0.599. The van der Waals surface area contributed by atoms with Crippen LogP contribution in [-0.2, 0) is 9.53 Å². The molecule has 0 radical (unpaired) electrons. The standard InChI is InChI=1S/C7H14N2O3/c1-5(6(10)9(2)3)8-7(11)12-4/h5H,1-4H3,(H,8,11)/t5-/m0/s1. The number of methoxy groups -OCH3 is 1. The van der Waals surface area contributed by atoms with Gasteiger partial charge < -0.3 is 15.0 Å². The number of nitrogens with one attached hydrogen (secondary N) is 1. The normalized spacial score (nSPS) is 11.7. The van der Waals surface area contributed by atoms with Crippen molar-refractivity contribution in [3.05, 3.63) is 0 Å². The molecule has 0 spiro atoms. The monoisotopic (exact) mass is 174 g/mol. The highest BCUT2D eigenvalue weighted by Gasteiger charge is 2.16. The second-order valence-electron chi connectivity index (χ2n) is 2.59. The molecule has 0 aliphatic rings. The summed E-state index contributed by atoms with van der Waals surface area (Å²) in [7, 11) is 4.50. The molecule has 0 unspecified atom stereocenters. The topological polar surface area (TPSA) is 58.6 Å². The third-order valence-electron chi connectivity index (χ3n) is 1.33. The Bertz CT molecular complexity index is 179. The third-order valence-corrected chi connectivity index (χ3v) is 1.33. The van der Waals surface area contributed by atoms with Crippen molar-refractivity contribution in [1.82, 2.24) is 10.2 Å². The number of carbonyl (C=O) groups is 2. The van der Waals surface area contributed by atoms with Gasteiger partial charge in [0.25, 0.3) is 0 Å². The molecule has 70 valence electrons. The molecular formula is C7H14N2O3. The average Bonchev–Trinajstić information content (AvgIpc) is 2.02. The molecule has 0 bridgehead atoms. The summed E-state index contributed by atoms with van der Waals surface area (Å²) in [5.41, 5.74) is 0. The number of amides is 2. The molecule has 0 saturated heterocycles. The van der Waals surface area contributed by atoms with Crippen LogP contribution >= 0.6 is 0 Å². The van der Waals surface area contributed by atoms with Gasteiger partial charge in [-0.05, 0) is 6.92 Å². The summed E-state index contributed by atoms with van der Waals surface area (Å²) in [6, 6.07) is -0.549. The second kappa shape index (κ2) is 4.58. The van der Waals surface area contributed by atoms with Crippen molar-refractivity contribution in [2.75, 3.05) is 21.2 Å². The molecule has 0 heterocycles. The molecule has 12 heavy (non-hydrogen) atoms. The summed E-state index contributed by atoms with van der Waals surface area (Å²) >= 11 is 0. The number of hydrogen-bond donors (Lipinski definition) is 1. The number of rotatable bonds is 2. The maximum Gasteiger partial charge on any atom is 0.407 e. The first-order valence-corrected chi connectivity index (χ1v) is 3.54. The summed E-state index contributed by atoms with van der Waals surface area (Å²) in [6.45, 7) is 1.60. The zero-order valence-electron chi connectivity index (χ0n) is 7.75. The summed E-state index contributed by atoms with van der Waals surface area (Å²) < 4.78 is 4.33. The van der Waals surface area contributed by atoms with E-state index in [-0.39, 0.29) is 5.91 Å². The van der Waals surface area contributed by atoms with E-state index < -0.39 is 12.1 Å². The molecule has 0 aromatic rings. The SMILES string of the molecule is COC(=O)N[C@@H](C)C(=O)N(C)C. The van der Waals surface area contributed by atoms with Crippen LogP contribution in [0.1, 0.15) is 6.92 Å². The lowest BCUT2D eigenvalue weighted by molar-refractivity contribution is -0.130. The largest absolute Gasteiger partial charge is 0.453 e. The molecule has 2 amide bonds. The fourth-order valence-electron chi connectivity index (χ4n) is 0.685. The highest BCUT2D eigenvalue weighted by Crippen LogP contribution is 1.88. The molecular weight excluding hydrogens is 160 g/mol. The van der Waals surface area contributed by atoms with E-state index in [1.165, 1.54) is 12.0 Å². The number of alkyl carbamates (subject to hydrolysis) is 1. The van der Waals surface area contributed by atoms with Gasteiger partial charge in [0.2, 0.25) is 5.91 Å². The van der Waals surface area contributed by atoms with Gasteiger partial charge in [0.15, 0.2) is 0 Å². The van der Waals surface area contributed by atoms with Crippen LogP contribution in [0.4, 0.5) is 4.79 Å².